The zero-order valence-electron chi connectivity index (χ0n) is 18.8. The number of primary amides is 1. The Morgan fingerprint density at radius 2 is 1.76 bits per heavy atom. The zero-order valence-corrected chi connectivity index (χ0v) is 18.8. The molecule has 0 radical (unpaired) electrons. The van der Waals surface area contributed by atoms with Crippen LogP contribution in [0.2, 0.25) is 0 Å². The van der Waals surface area contributed by atoms with Crippen molar-refractivity contribution in [1.82, 2.24) is 4.90 Å². The largest absolute Gasteiger partial charge is 0.507 e. The number of likely N-dealkylation sites (N-methyl/N-ethyl adjacent to an activating group) is 1. The van der Waals surface area contributed by atoms with Crippen molar-refractivity contribution in [2.24, 2.45) is 23.5 Å². The molecule has 0 saturated heterocycles. The molecule has 0 aliphatic heterocycles. The van der Waals surface area contributed by atoms with E-state index in [0.717, 1.165) is 5.69 Å². The first-order chi connectivity index (χ1) is 15.3. The highest BCUT2D eigenvalue weighted by atomic mass is 16.3. The normalized spacial score (nSPS) is 31.3. The number of benzene rings is 1. The van der Waals surface area contributed by atoms with Crippen LogP contribution >= 0.6 is 0 Å². The van der Waals surface area contributed by atoms with Crippen molar-refractivity contribution in [3.8, 4) is 5.75 Å². The van der Waals surface area contributed by atoms with E-state index in [1.165, 1.54) is 11.0 Å². The summed E-state index contributed by atoms with van der Waals surface area (Å²) in [6.07, 6.45) is 0.284. The van der Waals surface area contributed by atoms with E-state index in [1.54, 1.807) is 34.3 Å². The number of aromatic hydroxyl groups is 1. The van der Waals surface area contributed by atoms with Crippen LogP contribution in [0, 0.1) is 17.8 Å². The number of rotatable bonds is 3. The van der Waals surface area contributed by atoms with E-state index >= 15 is 0 Å². The Kier molecular flexibility index (Phi) is 5.14. The number of hydrogen-bond donors (Lipinski definition) is 4. The minimum Gasteiger partial charge on any atom is -0.507 e. The predicted molar refractivity (Wildman–Crippen MR) is 117 cm³/mol. The summed E-state index contributed by atoms with van der Waals surface area (Å²) in [7, 11) is 6.72. The molecule has 3 aliphatic rings. The summed E-state index contributed by atoms with van der Waals surface area (Å²) in [5.41, 5.74) is 3.84. The minimum absolute atomic E-state index is 0.0371. The van der Waals surface area contributed by atoms with Crippen LogP contribution in [-0.4, -0.2) is 83.3 Å². The van der Waals surface area contributed by atoms with Gasteiger partial charge in [-0.3, -0.25) is 24.1 Å². The molecule has 1 aromatic rings. The molecule has 176 valence electrons. The number of nitrogens with two attached hydrogens (primary N) is 1. The van der Waals surface area contributed by atoms with Crippen molar-refractivity contribution in [2.75, 3.05) is 33.1 Å². The lowest BCUT2D eigenvalue weighted by Gasteiger charge is -2.51. The number of ketones is 3. The van der Waals surface area contributed by atoms with E-state index < -0.39 is 58.4 Å². The Morgan fingerprint density at radius 3 is 2.30 bits per heavy atom. The van der Waals surface area contributed by atoms with E-state index in [4.69, 9.17) is 5.73 Å². The molecule has 4 rings (SSSR count). The number of amides is 1. The maximum absolute atomic E-state index is 13.7. The van der Waals surface area contributed by atoms with Gasteiger partial charge >= 0.3 is 0 Å². The van der Waals surface area contributed by atoms with Crippen LogP contribution in [0.3, 0.4) is 0 Å². The molecule has 33 heavy (non-hydrogen) atoms. The average molecular weight is 457 g/mol. The van der Waals surface area contributed by atoms with Crippen molar-refractivity contribution in [3.63, 3.8) is 0 Å². The number of fused-ring (bicyclic) bond motifs is 3. The zero-order chi connectivity index (χ0) is 24.6. The highest BCUT2D eigenvalue weighted by Crippen LogP contribution is 2.52. The molecular weight excluding hydrogens is 430 g/mol. The number of aliphatic hydroxyl groups excluding tert-OH is 1. The third-order valence-corrected chi connectivity index (χ3v) is 7.20. The van der Waals surface area contributed by atoms with Crippen LogP contribution in [0.4, 0.5) is 5.69 Å². The van der Waals surface area contributed by atoms with E-state index in [-0.39, 0.29) is 29.7 Å². The Labute approximate surface area is 190 Å². The molecule has 0 bridgehead atoms. The van der Waals surface area contributed by atoms with Gasteiger partial charge in [-0.1, -0.05) is 0 Å². The van der Waals surface area contributed by atoms with E-state index in [9.17, 15) is 34.5 Å². The second-order valence-electron chi connectivity index (χ2n) is 9.46. The van der Waals surface area contributed by atoms with Gasteiger partial charge in [0.1, 0.15) is 11.5 Å². The first kappa shape index (κ1) is 22.9. The van der Waals surface area contributed by atoms with E-state index in [0.29, 0.717) is 5.56 Å². The number of aliphatic hydroxyl groups is 2. The Morgan fingerprint density at radius 1 is 1.12 bits per heavy atom. The summed E-state index contributed by atoms with van der Waals surface area (Å²) in [5, 5.41) is 33.1. The number of phenols is 1. The van der Waals surface area contributed by atoms with Gasteiger partial charge in [0.25, 0.3) is 0 Å². The molecule has 5 N–H and O–H groups in total. The molecular formula is C23H27N3O7. The highest BCUT2D eigenvalue weighted by Gasteiger charge is 2.67. The molecule has 1 aromatic carbocycles. The predicted octanol–water partition coefficient (Wildman–Crippen LogP) is -0.597. The Balaban J connectivity index is 1.95. The molecule has 10 nitrogen and oxygen atoms in total. The van der Waals surface area contributed by atoms with Crippen LogP contribution < -0.4 is 10.6 Å². The van der Waals surface area contributed by atoms with Crippen molar-refractivity contribution >= 4 is 34.7 Å². The molecule has 10 heteroatoms. The lowest BCUT2D eigenvalue weighted by atomic mass is 9.55. The van der Waals surface area contributed by atoms with Gasteiger partial charge in [0.05, 0.1) is 11.6 Å². The van der Waals surface area contributed by atoms with Crippen LogP contribution in [0.25, 0.3) is 5.76 Å². The molecule has 1 amide bonds. The lowest BCUT2D eigenvalue weighted by molar-refractivity contribution is -0.175. The summed E-state index contributed by atoms with van der Waals surface area (Å²) >= 11 is 0. The minimum atomic E-state index is -2.70. The molecule has 2 saturated carbocycles. The fourth-order valence-electron chi connectivity index (χ4n) is 5.79. The standard InChI is InChI=1S/C23H27N3O7/c1-25(2)12-5-6-13(27)15-10(12)7-9-8-11-17(26(3)4)19(29)16(22(24)32)21(31)23(11,33)20(30)14(9)18(15)28/h5-6,9,11,16-17,27-28,33H,7-8H2,1-4H3,(H2,24,32)/t9?,11?,16?,17-,23-/m1/s1. The van der Waals surface area contributed by atoms with Gasteiger partial charge in [-0.15, -0.1) is 0 Å². The molecule has 0 aromatic heterocycles. The van der Waals surface area contributed by atoms with E-state index in [1.807, 2.05) is 4.90 Å². The molecule has 3 unspecified atom stereocenters. The second kappa shape index (κ2) is 7.39. The van der Waals surface area contributed by atoms with Gasteiger partial charge in [-0.05, 0) is 50.6 Å². The van der Waals surface area contributed by atoms with Gasteiger partial charge < -0.3 is 26.0 Å². The average Bonchev–Trinajstić information content (AvgIpc) is 2.70. The van der Waals surface area contributed by atoms with Crippen molar-refractivity contribution < 1.29 is 34.5 Å². The molecule has 0 spiro atoms. The monoisotopic (exact) mass is 457 g/mol. The second-order valence-corrected chi connectivity index (χ2v) is 9.46. The topological polar surface area (TPSA) is 161 Å². The van der Waals surface area contributed by atoms with Gasteiger partial charge in [0.2, 0.25) is 11.7 Å². The first-order valence-corrected chi connectivity index (χ1v) is 10.6. The lowest BCUT2D eigenvalue weighted by Crippen LogP contribution is -2.72. The molecule has 5 atom stereocenters. The third-order valence-electron chi connectivity index (χ3n) is 7.20. The van der Waals surface area contributed by atoms with Crippen LogP contribution in [0.1, 0.15) is 17.5 Å². The van der Waals surface area contributed by atoms with Crippen LogP contribution in [-0.2, 0) is 25.6 Å². The van der Waals surface area contributed by atoms with E-state index in [2.05, 4.69) is 0 Å². The summed E-state index contributed by atoms with van der Waals surface area (Å²) in [6.45, 7) is 0. The quantitative estimate of drug-likeness (QED) is 0.434. The summed E-state index contributed by atoms with van der Waals surface area (Å²) in [6, 6.07) is 1.99. The van der Waals surface area contributed by atoms with Gasteiger partial charge in [-0.2, -0.15) is 0 Å². The number of nitrogens with zero attached hydrogens (tertiary/aromatic N) is 2. The Bertz CT molecular complexity index is 1140. The summed E-state index contributed by atoms with van der Waals surface area (Å²) < 4.78 is 0. The molecule has 3 aliphatic carbocycles. The number of Topliss-reactive ketones (excluding diaryl/α,β-unsaturated/α-hetero) is 3. The Hall–Kier alpha value is -3.24. The van der Waals surface area contributed by atoms with Crippen molar-refractivity contribution in [1.29, 1.82) is 0 Å². The smallest absolute Gasteiger partial charge is 0.235 e. The number of anilines is 1. The third kappa shape index (κ3) is 2.94. The number of phenolic OH excluding ortho intramolecular Hbond substituents is 1. The maximum atomic E-state index is 13.7. The van der Waals surface area contributed by atoms with Gasteiger partial charge in [-0.25, -0.2) is 0 Å². The van der Waals surface area contributed by atoms with Crippen molar-refractivity contribution in [2.45, 2.75) is 24.5 Å². The fraction of sp³-hybridized carbons (Fsp3) is 0.478. The van der Waals surface area contributed by atoms with Crippen LogP contribution in [0.5, 0.6) is 5.75 Å². The number of hydrogen-bond acceptors (Lipinski definition) is 9. The van der Waals surface area contributed by atoms with Crippen LogP contribution in [0.15, 0.2) is 17.7 Å². The SMILES string of the molecule is CN(C)c1ccc(O)c2c1CC1CC3[C@@H](N(C)C)C(=O)C(C(N)=O)C(=O)[C@]3(O)C(=O)C1=C2O. The molecule has 0 heterocycles. The summed E-state index contributed by atoms with van der Waals surface area (Å²) in [5.74, 6) is -8.76. The fourth-order valence-corrected chi connectivity index (χ4v) is 5.79. The maximum Gasteiger partial charge on any atom is 0.235 e. The van der Waals surface area contributed by atoms with Gasteiger partial charge in [0.15, 0.2) is 23.1 Å². The van der Waals surface area contributed by atoms with Gasteiger partial charge in [0, 0.05) is 31.3 Å². The number of carbonyl (C=O) groups is 4. The highest BCUT2D eigenvalue weighted by molar-refractivity contribution is 6.32. The molecule has 2 fully saturated rings. The van der Waals surface area contributed by atoms with Crippen molar-refractivity contribution in [3.05, 3.63) is 28.8 Å². The summed E-state index contributed by atoms with van der Waals surface area (Å²) in [4.78, 5) is 55.1. The first-order valence-electron chi connectivity index (χ1n) is 10.6. The number of carbonyl (C=O) groups excluding carboxylic acids is 4.